The standard InChI is InChI=1S/C25H28FN3O2S2/c26-21-9-7-20(8-10-21)17-29(18-22-5-3-15-32-22)24(30)19-28(14-13-27-11-1-2-12-27)25(31)23-6-4-16-33-23/h3-10,15-16H,1-2,11-14,17-19H2. The first-order valence-corrected chi connectivity index (χ1v) is 12.9. The minimum atomic E-state index is -0.301. The molecule has 2 aromatic heterocycles. The highest BCUT2D eigenvalue weighted by atomic mass is 32.1. The normalized spacial score (nSPS) is 13.8. The van der Waals surface area contributed by atoms with E-state index in [9.17, 15) is 14.0 Å². The second kappa shape index (κ2) is 11.5. The van der Waals surface area contributed by atoms with Crippen molar-refractivity contribution in [3.63, 3.8) is 0 Å². The molecule has 8 heteroatoms. The summed E-state index contributed by atoms with van der Waals surface area (Å²) in [5.74, 6) is -0.515. The smallest absolute Gasteiger partial charge is 0.264 e. The van der Waals surface area contributed by atoms with Crippen molar-refractivity contribution in [1.29, 1.82) is 0 Å². The van der Waals surface area contributed by atoms with Crippen LogP contribution >= 0.6 is 22.7 Å². The van der Waals surface area contributed by atoms with Crippen LogP contribution in [0, 0.1) is 5.82 Å². The van der Waals surface area contributed by atoms with E-state index < -0.39 is 0 Å². The van der Waals surface area contributed by atoms with Gasteiger partial charge in [-0.05, 0) is 66.5 Å². The molecule has 3 heterocycles. The molecule has 0 bridgehead atoms. The van der Waals surface area contributed by atoms with Crippen LogP contribution in [-0.2, 0) is 17.9 Å². The van der Waals surface area contributed by atoms with Gasteiger partial charge in [0.25, 0.3) is 5.91 Å². The summed E-state index contributed by atoms with van der Waals surface area (Å²) in [6.07, 6.45) is 2.37. The van der Waals surface area contributed by atoms with E-state index in [2.05, 4.69) is 4.90 Å². The van der Waals surface area contributed by atoms with Crippen molar-refractivity contribution in [2.45, 2.75) is 25.9 Å². The van der Waals surface area contributed by atoms with Crippen LogP contribution in [0.15, 0.2) is 59.3 Å². The third kappa shape index (κ3) is 6.72. The lowest BCUT2D eigenvalue weighted by molar-refractivity contribution is -0.133. The summed E-state index contributed by atoms with van der Waals surface area (Å²) >= 11 is 2.99. The van der Waals surface area contributed by atoms with Crippen LogP contribution in [0.25, 0.3) is 0 Å². The van der Waals surface area contributed by atoms with E-state index in [1.807, 2.05) is 35.0 Å². The zero-order chi connectivity index (χ0) is 23.0. The molecule has 1 aliphatic rings. The lowest BCUT2D eigenvalue weighted by Gasteiger charge is -2.28. The van der Waals surface area contributed by atoms with E-state index in [0.717, 1.165) is 30.1 Å². The molecule has 174 valence electrons. The van der Waals surface area contributed by atoms with Gasteiger partial charge in [0.2, 0.25) is 5.91 Å². The summed E-state index contributed by atoms with van der Waals surface area (Å²) in [5, 5.41) is 3.86. The predicted octanol–water partition coefficient (Wildman–Crippen LogP) is 4.72. The van der Waals surface area contributed by atoms with Crippen LogP contribution in [0.2, 0.25) is 0 Å². The Hall–Kier alpha value is -2.55. The molecule has 1 aromatic carbocycles. The molecule has 0 spiro atoms. The Kier molecular flexibility index (Phi) is 8.25. The third-order valence-electron chi connectivity index (χ3n) is 5.80. The molecule has 1 aliphatic heterocycles. The van der Waals surface area contributed by atoms with Crippen LogP contribution < -0.4 is 0 Å². The molecule has 5 nitrogen and oxygen atoms in total. The Morgan fingerprint density at radius 1 is 0.909 bits per heavy atom. The van der Waals surface area contributed by atoms with Crippen LogP contribution in [0.5, 0.6) is 0 Å². The molecule has 0 saturated carbocycles. The van der Waals surface area contributed by atoms with Gasteiger partial charge in [0.1, 0.15) is 12.4 Å². The monoisotopic (exact) mass is 485 g/mol. The SMILES string of the molecule is O=C(CN(CCN1CCCC1)C(=O)c1cccs1)N(Cc1ccc(F)cc1)Cc1cccs1. The number of nitrogens with zero attached hydrogens (tertiary/aromatic N) is 3. The van der Waals surface area contributed by atoms with Gasteiger partial charge in [-0.1, -0.05) is 24.3 Å². The van der Waals surface area contributed by atoms with Gasteiger partial charge in [0.15, 0.2) is 0 Å². The van der Waals surface area contributed by atoms with Gasteiger partial charge in [-0.25, -0.2) is 4.39 Å². The van der Waals surface area contributed by atoms with E-state index in [0.29, 0.717) is 24.5 Å². The number of carbonyl (C=O) groups excluding carboxylic acids is 2. The Morgan fingerprint density at radius 2 is 1.64 bits per heavy atom. The largest absolute Gasteiger partial charge is 0.332 e. The van der Waals surface area contributed by atoms with Crippen molar-refractivity contribution < 1.29 is 14.0 Å². The molecule has 3 aromatic rings. The fourth-order valence-electron chi connectivity index (χ4n) is 3.97. The van der Waals surface area contributed by atoms with E-state index in [1.54, 1.807) is 33.3 Å². The van der Waals surface area contributed by atoms with E-state index in [-0.39, 0.29) is 24.2 Å². The summed E-state index contributed by atoms with van der Waals surface area (Å²) in [5.41, 5.74) is 0.856. The van der Waals surface area contributed by atoms with Crippen LogP contribution in [-0.4, -0.2) is 59.2 Å². The number of halogens is 1. The number of likely N-dealkylation sites (tertiary alicyclic amines) is 1. The van der Waals surface area contributed by atoms with Gasteiger partial charge >= 0.3 is 0 Å². The molecule has 2 amide bonds. The van der Waals surface area contributed by atoms with Crippen molar-refractivity contribution in [2.24, 2.45) is 0 Å². The van der Waals surface area contributed by atoms with E-state index in [1.165, 1.54) is 36.3 Å². The lowest BCUT2D eigenvalue weighted by Crippen LogP contribution is -2.45. The number of thiophene rings is 2. The van der Waals surface area contributed by atoms with Crippen molar-refractivity contribution >= 4 is 34.5 Å². The number of amides is 2. The fraction of sp³-hybridized carbons (Fsp3) is 0.360. The molecule has 0 atom stereocenters. The molecule has 0 N–H and O–H groups in total. The predicted molar refractivity (Wildman–Crippen MR) is 131 cm³/mol. The summed E-state index contributed by atoms with van der Waals surface area (Å²) < 4.78 is 13.4. The summed E-state index contributed by atoms with van der Waals surface area (Å²) in [7, 11) is 0. The molecule has 0 radical (unpaired) electrons. The molecule has 33 heavy (non-hydrogen) atoms. The summed E-state index contributed by atoms with van der Waals surface area (Å²) in [6, 6.07) is 13.8. The van der Waals surface area contributed by atoms with Crippen LogP contribution in [0.1, 0.15) is 33.0 Å². The average molecular weight is 486 g/mol. The summed E-state index contributed by atoms with van der Waals surface area (Å²) in [4.78, 5) is 34.2. The maximum Gasteiger partial charge on any atom is 0.264 e. The second-order valence-electron chi connectivity index (χ2n) is 8.21. The maximum atomic E-state index is 13.5. The third-order valence-corrected chi connectivity index (χ3v) is 7.52. The van der Waals surface area contributed by atoms with Gasteiger partial charge in [-0.2, -0.15) is 0 Å². The molecule has 0 aliphatic carbocycles. The lowest BCUT2D eigenvalue weighted by atomic mass is 10.2. The molecule has 1 fully saturated rings. The van der Waals surface area contributed by atoms with Gasteiger partial charge in [-0.3, -0.25) is 9.59 Å². The summed E-state index contributed by atoms with van der Waals surface area (Å²) in [6.45, 7) is 4.23. The minimum Gasteiger partial charge on any atom is -0.332 e. The van der Waals surface area contributed by atoms with Gasteiger partial charge < -0.3 is 14.7 Å². The van der Waals surface area contributed by atoms with Gasteiger partial charge in [0, 0.05) is 24.5 Å². The van der Waals surface area contributed by atoms with Crippen molar-refractivity contribution in [2.75, 3.05) is 32.7 Å². The Balaban J connectivity index is 1.49. The number of hydrogen-bond acceptors (Lipinski definition) is 5. The first kappa shape index (κ1) is 23.6. The number of rotatable bonds is 10. The highest BCUT2D eigenvalue weighted by molar-refractivity contribution is 7.12. The van der Waals surface area contributed by atoms with Crippen molar-refractivity contribution in [3.8, 4) is 0 Å². The number of hydrogen-bond donors (Lipinski definition) is 0. The van der Waals surface area contributed by atoms with E-state index in [4.69, 9.17) is 0 Å². The minimum absolute atomic E-state index is 0.0249. The van der Waals surface area contributed by atoms with Crippen LogP contribution in [0.4, 0.5) is 4.39 Å². The fourth-order valence-corrected chi connectivity index (χ4v) is 5.38. The first-order chi connectivity index (χ1) is 16.1. The number of benzene rings is 1. The quantitative estimate of drug-likeness (QED) is 0.418. The van der Waals surface area contributed by atoms with Gasteiger partial charge in [0.05, 0.1) is 11.4 Å². The Morgan fingerprint density at radius 3 is 2.30 bits per heavy atom. The zero-order valence-corrected chi connectivity index (χ0v) is 20.1. The van der Waals surface area contributed by atoms with Crippen molar-refractivity contribution in [1.82, 2.24) is 14.7 Å². The highest BCUT2D eigenvalue weighted by Gasteiger charge is 2.24. The van der Waals surface area contributed by atoms with Crippen LogP contribution in [0.3, 0.4) is 0 Å². The molecule has 1 saturated heterocycles. The number of carbonyl (C=O) groups is 2. The average Bonchev–Trinajstić information content (AvgIpc) is 3.61. The maximum absolute atomic E-state index is 13.5. The van der Waals surface area contributed by atoms with Gasteiger partial charge in [-0.15, -0.1) is 22.7 Å². The first-order valence-electron chi connectivity index (χ1n) is 11.2. The van der Waals surface area contributed by atoms with Crippen molar-refractivity contribution in [3.05, 3.63) is 80.4 Å². The second-order valence-corrected chi connectivity index (χ2v) is 10.2. The molecule has 0 unspecified atom stereocenters. The molecule has 4 rings (SSSR count). The molecular weight excluding hydrogens is 457 g/mol. The topological polar surface area (TPSA) is 43.9 Å². The van der Waals surface area contributed by atoms with E-state index >= 15 is 0 Å². The Labute approximate surface area is 202 Å². The molecular formula is C25H28FN3O2S2. The highest BCUT2D eigenvalue weighted by Crippen LogP contribution is 2.17. The zero-order valence-electron chi connectivity index (χ0n) is 18.5. The Bertz CT molecular complexity index is 1020.